The number of nitrogens with one attached hydrogen (secondary N) is 1. The van der Waals surface area contributed by atoms with Crippen LogP contribution in [0.5, 0.6) is 0 Å². The molecule has 122 valence electrons. The molecule has 0 aliphatic heterocycles. The van der Waals surface area contributed by atoms with E-state index in [1.54, 1.807) is 0 Å². The Labute approximate surface area is 131 Å². The van der Waals surface area contributed by atoms with Gasteiger partial charge in [0.1, 0.15) is 0 Å². The zero-order valence-corrected chi connectivity index (χ0v) is 13.6. The van der Waals surface area contributed by atoms with E-state index in [0.29, 0.717) is 25.7 Å². The lowest BCUT2D eigenvalue weighted by molar-refractivity contribution is -0.142. The van der Waals surface area contributed by atoms with Gasteiger partial charge in [-0.25, -0.2) is 13.1 Å². The van der Waals surface area contributed by atoms with E-state index in [4.69, 9.17) is 5.11 Å². The minimum atomic E-state index is -3.39. The fourth-order valence-electron chi connectivity index (χ4n) is 2.84. The Morgan fingerprint density at radius 3 is 2.18 bits per heavy atom. The van der Waals surface area contributed by atoms with Crippen molar-refractivity contribution in [2.24, 2.45) is 5.92 Å². The number of carboxylic acids is 1. The first-order valence-corrected chi connectivity index (χ1v) is 9.35. The molecular formula is C16H23NO4S. The van der Waals surface area contributed by atoms with Gasteiger partial charge >= 0.3 is 5.97 Å². The minimum absolute atomic E-state index is 0.0319. The van der Waals surface area contributed by atoms with E-state index >= 15 is 0 Å². The maximum atomic E-state index is 12.2. The first-order chi connectivity index (χ1) is 10.4. The summed E-state index contributed by atoms with van der Waals surface area (Å²) in [5, 5.41) is 8.96. The second-order valence-electron chi connectivity index (χ2n) is 5.93. The Morgan fingerprint density at radius 2 is 1.68 bits per heavy atom. The van der Waals surface area contributed by atoms with E-state index in [1.807, 2.05) is 24.3 Å². The molecule has 1 aliphatic rings. The summed E-state index contributed by atoms with van der Waals surface area (Å²) in [6, 6.07) is 7.44. The van der Waals surface area contributed by atoms with Crippen molar-refractivity contribution in [3.05, 3.63) is 35.4 Å². The molecule has 1 fully saturated rings. The predicted octanol–water partition coefficient (Wildman–Crippen LogP) is 2.31. The van der Waals surface area contributed by atoms with Gasteiger partial charge in [-0.05, 0) is 43.2 Å². The third-order valence-electron chi connectivity index (χ3n) is 4.21. The highest BCUT2D eigenvalue weighted by Gasteiger charge is 2.28. The first kappa shape index (κ1) is 17.0. The molecule has 0 spiro atoms. The zero-order valence-electron chi connectivity index (χ0n) is 12.8. The average molecular weight is 325 g/mol. The third-order valence-corrected chi connectivity index (χ3v) is 5.62. The molecular weight excluding hydrogens is 302 g/mol. The second-order valence-corrected chi connectivity index (χ2v) is 7.69. The van der Waals surface area contributed by atoms with Gasteiger partial charge in [0, 0.05) is 6.04 Å². The lowest BCUT2D eigenvalue weighted by Gasteiger charge is -2.26. The lowest BCUT2D eigenvalue weighted by atomic mass is 9.87. The van der Waals surface area contributed by atoms with E-state index in [0.717, 1.165) is 12.0 Å². The first-order valence-electron chi connectivity index (χ1n) is 7.70. The molecule has 5 nitrogen and oxygen atoms in total. The van der Waals surface area contributed by atoms with Gasteiger partial charge in [-0.15, -0.1) is 0 Å². The summed E-state index contributed by atoms with van der Waals surface area (Å²) in [7, 11) is -3.39. The molecule has 0 radical (unpaired) electrons. The standard InChI is InChI=1S/C16H23NO4S/c1-2-12-3-5-13(6-4-12)11-22(20,21)17-15-9-7-14(8-10-15)16(18)19/h3-6,14-15,17H,2,7-11H2,1H3,(H,18,19). The van der Waals surface area contributed by atoms with Gasteiger partial charge in [0.2, 0.25) is 10.0 Å². The molecule has 2 N–H and O–H groups in total. The van der Waals surface area contributed by atoms with Crippen LogP contribution in [0.1, 0.15) is 43.7 Å². The van der Waals surface area contributed by atoms with Crippen LogP contribution < -0.4 is 4.72 Å². The van der Waals surface area contributed by atoms with Crippen LogP contribution in [0.25, 0.3) is 0 Å². The number of sulfonamides is 1. The highest BCUT2D eigenvalue weighted by molar-refractivity contribution is 7.88. The molecule has 0 heterocycles. The number of carboxylic acid groups (broad SMARTS) is 1. The fraction of sp³-hybridized carbons (Fsp3) is 0.562. The quantitative estimate of drug-likeness (QED) is 0.841. The van der Waals surface area contributed by atoms with E-state index in [-0.39, 0.29) is 17.7 Å². The molecule has 0 atom stereocenters. The van der Waals surface area contributed by atoms with Gasteiger partial charge in [-0.3, -0.25) is 4.79 Å². The van der Waals surface area contributed by atoms with E-state index in [1.165, 1.54) is 5.56 Å². The van der Waals surface area contributed by atoms with Crippen molar-refractivity contribution in [2.45, 2.75) is 50.8 Å². The molecule has 0 saturated heterocycles. The monoisotopic (exact) mass is 325 g/mol. The van der Waals surface area contributed by atoms with Crippen LogP contribution in [0.2, 0.25) is 0 Å². The van der Waals surface area contributed by atoms with Crippen LogP contribution in [-0.2, 0) is 27.0 Å². The number of hydrogen-bond donors (Lipinski definition) is 2. The highest BCUT2D eigenvalue weighted by atomic mass is 32.2. The Balaban J connectivity index is 1.89. The van der Waals surface area contributed by atoms with Crippen molar-refractivity contribution in [3.8, 4) is 0 Å². The maximum absolute atomic E-state index is 12.2. The maximum Gasteiger partial charge on any atom is 0.306 e. The molecule has 22 heavy (non-hydrogen) atoms. The van der Waals surface area contributed by atoms with Crippen LogP contribution in [0, 0.1) is 5.92 Å². The molecule has 0 unspecified atom stereocenters. The van der Waals surface area contributed by atoms with Crippen LogP contribution in [-0.4, -0.2) is 25.5 Å². The lowest BCUT2D eigenvalue weighted by Crippen LogP contribution is -2.39. The third kappa shape index (κ3) is 4.81. The summed E-state index contributed by atoms with van der Waals surface area (Å²) in [5.74, 6) is -1.14. The summed E-state index contributed by atoms with van der Waals surface area (Å²) in [5.41, 5.74) is 1.95. The van der Waals surface area contributed by atoms with Gasteiger partial charge in [-0.1, -0.05) is 31.2 Å². The molecule has 2 rings (SSSR count). The van der Waals surface area contributed by atoms with Gasteiger partial charge in [0.05, 0.1) is 11.7 Å². The van der Waals surface area contributed by atoms with Gasteiger partial charge < -0.3 is 5.11 Å². The summed E-state index contributed by atoms with van der Waals surface area (Å²) in [4.78, 5) is 10.9. The molecule has 1 aromatic rings. The van der Waals surface area contributed by atoms with Crippen molar-refractivity contribution in [1.82, 2.24) is 4.72 Å². The number of aryl methyl sites for hydroxylation is 1. The number of benzene rings is 1. The van der Waals surface area contributed by atoms with E-state index < -0.39 is 16.0 Å². The van der Waals surface area contributed by atoms with Crippen molar-refractivity contribution in [1.29, 1.82) is 0 Å². The number of aliphatic carboxylic acids is 1. The topological polar surface area (TPSA) is 83.5 Å². The Kier molecular flexibility index (Phi) is 5.58. The molecule has 1 aliphatic carbocycles. The van der Waals surface area contributed by atoms with Gasteiger partial charge in [0.15, 0.2) is 0 Å². The summed E-state index contributed by atoms with van der Waals surface area (Å²) in [6.07, 6.45) is 3.18. The van der Waals surface area contributed by atoms with E-state index in [9.17, 15) is 13.2 Å². The summed E-state index contributed by atoms with van der Waals surface area (Å²) >= 11 is 0. The SMILES string of the molecule is CCc1ccc(CS(=O)(=O)NC2CCC(C(=O)O)CC2)cc1. The van der Waals surface area contributed by atoms with Gasteiger partial charge in [0.25, 0.3) is 0 Å². The second kappa shape index (κ2) is 7.24. The fourth-order valence-corrected chi connectivity index (χ4v) is 4.30. The van der Waals surface area contributed by atoms with Crippen LogP contribution in [0.15, 0.2) is 24.3 Å². The number of hydrogen-bond acceptors (Lipinski definition) is 3. The molecule has 0 amide bonds. The minimum Gasteiger partial charge on any atom is -0.481 e. The van der Waals surface area contributed by atoms with Crippen LogP contribution >= 0.6 is 0 Å². The molecule has 1 saturated carbocycles. The molecule has 0 aromatic heterocycles. The predicted molar refractivity (Wildman–Crippen MR) is 85.0 cm³/mol. The van der Waals surface area contributed by atoms with Gasteiger partial charge in [-0.2, -0.15) is 0 Å². The highest BCUT2D eigenvalue weighted by Crippen LogP contribution is 2.25. The smallest absolute Gasteiger partial charge is 0.306 e. The normalized spacial score (nSPS) is 22.4. The Morgan fingerprint density at radius 1 is 1.14 bits per heavy atom. The number of carbonyl (C=O) groups is 1. The molecule has 6 heteroatoms. The van der Waals surface area contributed by atoms with Crippen LogP contribution in [0.3, 0.4) is 0 Å². The van der Waals surface area contributed by atoms with E-state index in [2.05, 4.69) is 11.6 Å². The molecule has 0 bridgehead atoms. The van der Waals surface area contributed by atoms with Crippen molar-refractivity contribution >= 4 is 16.0 Å². The molecule has 1 aromatic carbocycles. The van der Waals surface area contributed by atoms with Crippen LogP contribution in [0.4, 0.5) is 0 Å². The largest absolute Gasteiger partial charge is 0.481 e. The van der Waals surface area contributed by atoms with Crippen molar-refractivity contribution < 1.29 is 18.3 Å². The average Bonchev–Trinajstić information content (AvgIpc) is 2.47. The van der Waals surface area contributed by atoms with Crippen molar-refractivity contribution in [2.75, 3.05) is 0 Å². The number of rotatable bonds is 6. The zero-order chi connectivity index (χ0) is 16.2. The summed E-state index contributed by atoms with van der Waals surface area (Å²) in [6.45, 7) is 2.06. The Hall–Kier alpha value is -1.40. The van der Waals surface area contributed by atoms with Crippen molar-refractivity contribution in [3.63, 3.8) is 0 Å². The Bertz CT molecular complexity index is 602. The summed E-state index contributed by atoms with van der Waals surface area (Å²) < 4.78 is 27.1.